The topological polar surface area (TPSA) is 13.1 Å². The van der Waals surface area contributed by atoms with Gasteiger partial charge < -0.3 is 4.74 Å². The largest absolute Gasteiger partial charge is 0.493 e. The Morgan fingerprint density at radius 1 is 1.38 bits per heavy atom. The van der Waals surface area contributed by atoms with Crippen molar-refractivity contribution in [3.05, 3.63) is 42.4 Å². The molecule has 0 N–H and O–H groups in total. The average Bonchev–Trinajstić information content (AvgIpc) is 2.65. The molecule has 1 aromatic carbocycles. The molecule has 1 aromatic heterocycles. The maximum Gasteiger partial charge on any atom is 0.192 e. The van der Waals surface area contributed by atoms with Crippen LogP contribution in [0.1, 0.15) is 11.1 Å². The summed E-state index contributed by atoms with van der Waals surface area (Å²) >= 11 is 0. The van der Waals surface area contributed by atoms with Crippen molar-refractivity contribution in [1.29, 1.82) is 0 Å². The molecule has 0 aliphatic carbocycles. The Balaban J connectivity index is 0.000000963. The normalized spacial score (nSPS) is 13.1. The van der Waals surface area contributed by atoms with Gasteiger partial charge in [-0.15, -0.1) is 11.6 Å². The molecule has 0 amide bonds. The molecular weight excluding hydrogens is 237 g/mol. The van der Waals surface area contributed by atoms with E-state index < -0.39 is 0 Å². The second-order valence-electron chi connectivity index (χ2n) is 4.04. The number of rotatable bonds is 0. The van der Waals surface area contributed by atoms with Crippen molar-refractivity contribution in [3.8, 4) is 5.75 Å². The van der Waals surface area contributed by atoms with Gasteiger partial charge in [0, 0.05) is 36.4 Å². The van der Waals surface area contributed by atoms with Crippen LogP contribution in [0.3, 0.4) is 0 Å². The number of hydrogen-bond acceptors (Lipinski definition) is 1. The smallest absolute Gasteiger partial charge is 0.192 e. The molecule has 2 nitrogen and oxygen atoms in total. The maximum absolute atomic E-state index is 5.68. The van der Waals surface area contributed by atoms with Gasteiger partial charge in [0.25, 0.3) is 0 Å². The minimum atomic E-state index is 0. The van der Waals surface area contributed by atoms with E-state index in [2.05, 4.69) is 29.7 Å². The monoisotopic (exact) mass is 250 g/mol. The van der Waals surface area contributed by atoms with Crippen molar-refractivity contribution in [2.24, 2.45) is 7.05 Å². The van der Waals surface area contributed by atoms with E-state index in [9.17, 15) is 0 Å². The molecule has 0 saturated heterocycles. The summed E-state index contributed by atoms with van der Waals surface area (Å²) in [4.78, 5) is 0. The molecule has 0 fully saturated rings. The molecule has 0 saturated carbocycles. The van der Waals surface area contributed by atoms with E-state index in [0.29, 0.717) is 0 Å². The predicted molar refractivity (Wildman–Crippen MR) is 58.8 cm³/mol. The van der Waals surface area contributed by atoms with Gasteiger partial charge in [0.1, 0.15) is 12.8 Å². The van der Waals surface area contributed by atoms with Crippen molar-refractivity contribution in [2.45, 2.75) is 6.42 Å². The number of fused-ring (bicyclic) bond motifs is 3. The second-order valence-corrected chi connectivity index (χ2v) is 4.04. The van der Waals surface area contributed by atoms with Gasteiger partial charge in [0.15, 0.2) is 5.52 Å². The summed E-state index contributed by atoms with van der Waals surface area (Å²) in [6, 6.07) is 6.41. The first-order chi connectivity index (χ1) is 7.25. The number of nitrogens with zero attached hydrogens (tertiary/aromatic N) is 1. The molecular formula is C13H13NOV. The fourth-order valence-electron chi connectivity index (χ4n) is 2.25. The van der Waals surface area contributed by atoms with Crippen LogP contribution in [0.4, 0.5) is 0 Å². The van der Waals surface area contributed by atoms with Crippen LogP contribution >= 0.6 is 0 Å². The minimum Gasteiger partial charge on any atom is -0.493 e. The molecule has 1 aliphatic heterocycles. The van der Waals surface area contributed by atoms with Gasteiger partial charge in [-0.3, -0.25) is 4.57 Å². The van der Waals surface area contributed by atoms with Gasteiger partial charge in [0.05, 0.1) is 12.8 Å². The Labute approximate surface area is 107 Å². The summed E-state index contributed by atoms with van der Waals surface area (Å²) in [5, 5.41) is 1.18. The van der Waals surface area contributed by atoms with E-state index in [1.165, 1.54) is 16.5 Å². The number of hydrogen-bond donors (Lipinski definition) is 0. The van der Waals surface area contributed by atoms with Gasteiger partial charge in [0.2, 0.25) is 0 Å². The van der Waals surface area contributed by atoms with Crippen molar-refractivity contribution >= 4 is 10.9 Å². The van der Waals surface area contributed by atoms with Crippen molar-refractivity contribution in [1.82, 2.24) is 0 Å². The zero-order valence-corrected chi connectivity index (χ0v) is 10.6. The number of ether oxygens (including phenoxy) is 1. The second kappa shape index (κ2) is 4.04. The van der Waals surface area contributed by atoms with Gasteiger partial charge in [-0.05, 0) is 11.6 Å². The van der Waals surface area contributed by atoms with E-state index in [4.69, 9.17) is 4.74 Å². The predicted octanol–water partition coefficient (Wildman–Crippen LogP) is 1.78. The SMILES string of the molecule is [CH2-]c1cc2c3c(ccc2[n+](C)c1)CCO3.[V]. The Morgan fingerprint density at radius 2 is 2.19 bits per heavy atom. The van der Waals surface area contributed by atoms with Gasteiger partial charge in [-0.1, -0.05) is 0 Å². The molecule has 0 spiro atoms. The number of aromatic nitrogens is 1. The third kappa shape index (κ3) is 1.58. The molecule has 0 bridgehead atoms. The molecule has 0 atom stereocenters. The Hall–Kier alpha value is -1.12. The van der Waals surface area contributed by atoms with Crippen LogP contribution in [0, 0.1) is 6.92 Å². The summed E-state index contributed by atoms with van der Waals surface area (Å²) in [5.41, 5.74) is 3.53. The summed E-state index contributed by atoms with van der Waals surface area (Å²) in [7, 11) is 2.04. The zero-order chi connectivity index (χ0) is 10.4. The van der Waals surface area contributed by atoms with Crippen molar-refractivity contribution in [3.63, 3.8) is 0 Å². The van der Waals surface area contributed by atoms with Gasteiger partial charge in [-0.2, -0.15) is 6.92 Å². The first-order valence-corrected chi connectivity index (χ1v) is 5.16. The zero-order valence-electron chi connectivity index (χ0n) is 9.23. The standard InChI is InChI=1S/C13H13NO.V/c1-9-7-11-12(14(2)8-9)4-3-10-5-6-15-13(10)11;/h3-4,7-8H,1,5-6H2,2H3;. The van der Waals surface area contributed by atoms with Crippen LogP contribution < -0.4 is 9.30 Å². The molecule has 3 heteroatoms. The molecule has 16 heavy (non-hydrogen) atoms. The summed E-state index contributed by atoms with van der Waals surface area (Å²) in [5.74, 6) is 1.05. The van der Waals surface area contributed by atoms with Crippen LogP contribution in [0.5, 0.6) is 5.75 Å². The molecule has 1 aliphatic rings. The maximum atomic E-state index is 5.68. The molecule has 81 valence electrons. The third-order valence-electron chi connectivity index (χ3n) is 2.94. The Morgan fingerprint density at radius 3 is 3.00 bits per heavy atom. The van der Waals surface area contributed by atoms with Crippen molar-refractivity contribution < 1.29 is 27.9 Å². The first-order valence-electron chi connectivity index (χ1n) is 5.16. The molecule has 3 rings (SSSR count). The van der Waals surface area contributed by atoms with Crippen LogP contribution in [0.15, 0.2) is 24.4 Å². The average molecular weight is 250 g/mol. The summed E-state index contributed by atoms with van der Waals surface area (Å²) in [6.45, 7) is 4.79. The molecule has 0 unspecified atom stereocenters. The quantitative estimate of drug-likeness (QED) is 0.513. The summed E-state index contributed by atoms with van der Waals surface area (Å²) in [6.07, 6.45) is 3.06. The molecule has 1 radical (unpaired) electrons. The van der Waals surface area contributed by atoms with E-state index in [1.54, 1.807) is 0 Å². The fraction of sp³-hybridized carbons (Fsp3) is 0.231. The van der Waals surface area contributed by atoms with E-state index in [1.807, 2.05) is 13.2 Å². The molecule has 2 aromatic rings. The Kier molecular flexibility index (Phi) is 2.87. The van der Waals surface area contributed by atoms with Crippen LogP contribution in [0.25, 0.3) is 10.9 Å². The fourth-order valence-corrected chi connectivity index (χ4v) is 2.25. The van der Waals surface area contributed by atoms with E-state index in [0.717, 1.165) is 24.3 Å². The van der Waals surface area contributed by atoms with Crippen LogP contribution in [-0.4, -0.2) is 6.61 Å². The number of benzene rings is 1. The minimum absolute atomic E-state index is 0. The number of aryl methyl sites for hydroxylation is 1. The van der Waals surface area contributed by atoms with Crippen molar-refractivity contribution in [2.75, 3.05) is 6.61 Å². The van der Waals surface area contributed by atoms with Crippen LogP contribution in [0.2, 0.25) is 0 Å². The summed E-state index contributed by atoms with van der Waals surface area (Å²) < 4.78 is 7.78. The van der Waals surface area contributed by atoms with E-state index >= 15 is 0 Å². The van der Waals surface area contributed by atoms with Gasteiger partial charge in [-0.25, -0.2) is 0 Å². The Bertz CT molecular complexity index is 551. The van der Waals surface area contributed by atoms with E-state index in [-0.39, 0.29) is 18.6 Å². The van der Waals surface area contributed by atoms with Crippen LogP contribution in [-0.2, 0) is 32.0 Å². The number of pyridine rings is 1. The van der Waals surface area contributed by atoms with Gasteiger partial charge >= 0.3 is 0 Å². The first kappa shape index (κ1) is 11.4. The third-order valence-corrected chi connectivity index (χ3v) is 2.94. The molecule has 2 heterocycles.